The summed E-state index contributed by atoms with van der Waals surface area (Å²) in [5.74, 6) is 2.73. The van der Waals surface area contributed by atoms with Crippen molar-refractivity contribution in [3.8, 4) is 0 Å². The summed E-state index contributed by atoms with van der Waals surface area (Å²) in [6.07, 6.45) is 4.47. The minimum atomic E-state index is -3.40. The number of rotatable bonds is 5. The fourth-order valence-corrected chi connectivity index (χ4v) is 6.00. The molecule has 3 aliphatic carbocycles. The highest BCUT2D eigenvalue weighted by Crippen LogP contribution is 2.65. The first-order valence-electron chi connectivity index (χ1n) is 7.82. The van der Waals surface area contributed by atoms with Crippen molar-refractivity contribution >= 4 is 10.0 Å². The number of aliphatic hydroxyl groups is 1. The Labute approximate surface area is 125 Å². The van der Waals surface area contributed by atoms with Crippen LogP contribution in [-0.4, -0.2) is 26.2 Å². The summed E-state index contributed by atoms with van der Waals surface area (Å²) in [5, 5.41) is 8.89. The lowest BCUT2D eigenvalue weighted by atomic mass is 10.0. The van der Waals surface area contributed by atoms with Gasteiger partial charge >= 0.3 is 0 Å². The third kappa shape index (κ3) is 2.22. The van der Waals surface area contributed by atoms with Crippen molar-refractivity contribution in [1.29, 1.82) is 0 Å². The van der Waals surface area contributed by atoms with Gasteiger partial charge in [0.05, 0.1) is 4.90 Å². The molecule has 0 spiro atoms. The lowest BCUT2D eigenvalue weighted by Gasteiger charge is -2.11. The molecule has 2 bridgehead atoms. The van der Waals surface area contributed by atoms with Crippen LogP contribution in [0.3, 0.4) is 0 Å². The second kappa shape index (κ2) is 4.80. The van der Waals surface area contributed by atoms with Gasteiger partial charge in [-0.05, 0) is 67.1 Å². The van der Waals surface area contributed by atoms with Crippen LogP contribution in [0.25, 0.3) is 0 Å². The Hall–Kier alpha value is -0.910. The maximum atomic E-state index is 12.5. The predicted molar refractivity (Wildman–Crippen MR) is 79.2 cm³/mol. The topological polar surface area (TPSA) is 66.4 Å². The van der Waals surface area contributed by atoms with E-state index in [2.05, 4.69) is 4.72 Å². The first kappa shape index (κ1) is 13.7. The number of aliphatic hydroxyl groups excluding tert-OH is 1. The fraction of sp³-hybridized carbons (Fsp3) is 0.625. The zero-order valence-electron chi connectivity index (χ0n) is 11.9. The molecule has 0 amide bonds. The van der Waals surface area contributed by atoms with Gasteiger partial charge in [0.1, 0.15) is 0 Å². The van der Waals surface area contributed by atoms with Gasteiger partial charge in [0, 0.05) is 12.6 Å². The van der Waals surface area contributed by atoms with E-state index in [0.29, 0.717) is 23.2 Å². The Bertz CT molecular complexity index is 624. The average Bonchev–Trinajstić information content (AvgIpc) is 2.85. The molecular formula is C16H21NO3S. The van der Waals surface area contributed by atoms with Crippen molar-refractivity contribution in [2.45, 2.75) is 36.6 Å². The summed E-state index contributed by atoms with van der Waals surface area (Å²) < 4.78 is 27.8. The molecule has 21 heavy (non-hydrogen) atoms. The van der Waals surface area contributed by atoms with Gasteiger partial charge in [-0.2, -0.15) is 0 Å². The highest BCUT2D eigenvalue weighted by atomic mass is 32.2. The van der Waals surface area contributed by atoms with Gasteiger partial charge in [0.2, 0.25) is 10.0 Å². The molecule has 3 aliphatic rings. The molecule has 1 aromatic carbocycles. The molecule has 5 heteroatoms. The van der Waals surface area contributed by atoms with E-state index in [1.807, 2.05) is 0 Å². The summed E-state index contributed by atoms with van der Waals surface area (Å²) in [5.41, 5.74) is 0.956. The molecule has 2 N–H and O–H groups in total. The lowest BCUT2D eigenvalue weighted by Crippen LogP contribution is -2.30. The Morgan fingerprint density at radius 2 is 1.71 bits per heavy atom. The van der Waals surface area contributed by atoms with Crippen molar-refractivity contribution in [1.82, 2.24) is 4.72 Å². The molecule has 3 fully saturated rings. The SMILES string of the molecule is O=S(=O)(NC1C2C3CCC(C3)C12)c1ccc(CCO)cc1. The molecule has 0 aromatic heterocycles. The Morgan fingerprint density at radius 1 is 1.10 bits per heavy atom. The smallest absolute Gasteiger partial charge is 0.240 e. The van der Waals surface area contributed by atoms with Crippen molar-refractivity contribution in [3.05, 3.63) is 29.8 Å². The molecule has 0 saturated heterocycles. The van der Waals surface area contributed by atoms with E-state index < -0.39 is 10.0 Å². The van der Waals surface area contributed by atoms with Crippen LogP contribution in [0.1, 0.15) is 24.8 Å². The third-order valence-corrected chi connectivity index (χ3v) is 7.14. The van der Waals surface area contributed by atoms with Crippen molar-refractivity contribution in [3.63, 3.8) is 0 Å². The van der Waals surface area contributed by atoms with E-state index in [-0.39, 0.29) is 12.6 Å². The van der Waals surface area contributed by atoms with Gasteiger partial charge in [-0.1, -0.05) is 12.1 Å². The second-order valence-electron chi connectivity index (χ2n) is 6.75. The zero-order valence-corrected chi connectivity index (χ0v) is 12.7. The molecule has 3 saturated carbocycles. The number of hydrogen-bond donors (Lipinski definition) is 2. The zero-order chi connectivity index (χ0) is 14.6. The molecule has 0 aliphatic heterocycles. The van der Waals surface area contributed by atoms with Gasteiger partial charge < -0.3 is 5.11 Å². The average molecular weight is 307 g/mol. The van der Waals surface area contributed by atoms with Gasteiger partial charge in [0.25, 0.3) is 0 Å². The van der Waals surface area contributed by atoms with E-state index in [1.165, 1.54) is 19.3 Å². The molecule has 4 rings (SSSR count). The lowest BCUT2D eigenvalue weighted by molar-refractivity contribution is 0.299. The summed E-state index contributed by atoms with van der Waals surface area (Å²) in [7, 11) is -3.40. The maximum absolute atomic E-state index is 12.5. The Morgan fingerprint density at radius 3 is 2.29 bits per heavy atom. The van der Waals surface area contributed by atoms with Gasteiger partial charge in [-0.15, -0.1) is 0 Å². The summed E-state index contributed by atoms with van der Waals surface area (Å²) in [4.78, 5) is 0.335. The second-order valence-corrected chi connectivity index (χ2v) is 8.47. The maximum Gasteiger partial charge on any atom is 0.240 e. The summed E-state index contributed by atoms with van der Waals surface area (Å²) >= 11 is 0. The van der Waals surface area contributed by atoms with Crippen molar-refractivity contribution < 1.29 is 13.5 Å². The Kier molecular flexibility index (Phi) is 3.14. The number of fused-ring (bicyclic) bond motifs is 5. The number of hydrogen-bond acceptors (Lipinski definition) is 3. The van der Waals surface area contributed by atoms with Crippen LogP contribution in [0.5, 0.6) is 0 Å². The van der Waals surface area contributed by atoms with E-state index in [1.54, 1.807) is 24.3 Å². The molecule has 0 radical (unpaired) electrons. The van der Waals surface area contributed by atoms with Gasteiger partial charge in [-0.25, -0.2) is 13.1 Å². The number of nitrogens with one attached hydrogen (secondary N) is 1. The normalized spacial score (nSPS) is 36.7. The van der Waals surface area contributed by atoms with Crippen LogP contribution >= 0.6 is 0 Å². The first-order chi connectivity index (χ1) is 10.1. The van der Waals surface area contributed by atoms with Crippen molar-refractivity contribution in [2.24, 2.45) is 23.7 Å². The third-order valence-electron chi connectivity index (χ3n) is 5.66. The summed E-state index contributed by atoms with van der Waals surface area (Å²) in [6, 6.07) is 7.02. The quantitative estimate of drug-likeness (QED) is 0.867. The molecule has 1 aromatic rings. The minimum absolute atomic E-state index is 0.0819. The standard InChI is InChI=1S/C16H21NO3S/c18-8-7-10-1-5-13(6-2-10)21(19,20)17-16-14-11-3-4-12(9-11)15(14)16/h1-2,5-6,11-12,14-18H,3-4,7-9H2. The van der Waals surface area contributed by atoms with Crippen LogP contribution in [0.15, 0.2) is 29.2 Å². The monoisotopic (exact) mass is 307 g/mol. The van der Waals surface area contributed by atoms with Gasteiger partial charge in [0.15, 0.2) is 0 Å². The van der Waals surface area contributed by atoms with Crippen LogP contribution in [0.4, 0.5) is 0 Å². The number of benzene rings is 1. The van der Waals surface area contributed by atoms with E-state index in [0.717, 1.165) is 17.4 Å². The predicted octanol–water partition coefficient (Wildman–Crippen LogP) is 1.54. The van der Waals surface area contributed by atoms with E-state index in [9.17, 15) is 8.42 Å². The molecule has 4 atom stereocenters. The van der Waals surface area contributed by atoms with Crippen LogP contribution in [0, 0.1) is 23.7 Å². The number of sulfonamides is 1. The van der Waals surface area contributed by atoms with Crippen LogP contribution in [-0.2, 0) is 16.4 Å². The summed E-state index contributed by atoms with van der Waals surface area (Å²) in [6.45, 7) is 0.0819. The molecule has 4 nitrogen and oxygen atoms in total. The molecule has 114 valence electrons. The van der Waals surface area contributed by atoms with E-state index >= 15 is 0 Å². The minimum Gasteiger partial charge on any atom is -0.396 e. The highest BCUT2D eigenvalue weighted by molar-refractivity contribution is 7.89. The largest absolute Gasteiger partial charge is 0.396 e. The Balaban J connectivity index is 1.47. The van der Waals surface area contributed by atoms with Crippen molar-refractivity contribution in [2.75, 3.05) is 6.61 Å². The van der Waals surface area contributed by atoms with Crippen LogP contribution in [0.2, 0.25) is 0 Å². The highest BCUT2D eigenvalue weighted by Gasteiger charge is 2.65. The first-order valence-corrected chi connectivity index (χ1v) is 9.30. The molecule has 4 unspecified atom stereocenters. The molecular weight excluding hydrogens is 286 g/mol. The molecule has 0 heterocycles. The van der Waals surface area contributed by atoms with E-state index in [4.69, 9.17) is 5.11 Å². The van der Waals surface area contributed by atoms with Crippen LogP contribution < -0.4 is 4.72 Å². The fourth-order valence-electron chi connectivity index (χ4n) is 4.69. The van der Waals surface area contributed by atoms with Gasteiger partial charge in [-0.3, -0.25) is 0 Å².